The van der Waals surface area contributed by atoms with Crippen molar-refractivity contribution in [2.75, 3.05) is 0 Å². The fourth-order valence-corrected chi connectivity index (χ4v) is 6.42. The molecular weight excluding hydrogens is 528 g/mol. The number of hydrogen-bond donors (Lipinski definition) is 2. The Morgan fingerprint density at radius 2 is 1.21 bits per heavy atom. The third-order valence-electron chi connectivity index (χ3n) is 8.33. The van der Waals surface area contributed by atoms with Crippen molar-refractivity contribution in [2.45, 2.75) is 5.41 Å². The number of benzene rings is 4. The van der Waals surface area contributed by atoms with Crippen molar-refractivity contribution < 1.29 is 5.11 Å². The zero-order valence-corrected chi connectivity index (χ0v) is 23.1. The number of hydrogen-bond acceptors (Lipinski definition) is 4. The van der Waals surface area contributed by atoms with E-state index in [1.807, 2.05) is 36.5 Å². The summed E-state index contributed by atoms with van der Waals surface area (Å²) in [6, 6.07) is 45.1. The van der Waals surface area contributed by atoms with Crippen molar-refractivity contribution >= 4 is 0 Å². The first-order chi connectivity index (χ1) is 21.2. The van der Waals surface area contributed by atoms with Crippen LogP contribution in [0.3, 0.4) is 0 Å². The van der Waals surface area contributed by atoms with Gasteiger partial charge in [-0.25, -0.2) is 9.97 Å². The van der Waals surface area contributed by atoms with E-state index in [1.54, 1.807) is 18.3 Å². The van der Waals surface area contributed by atoms with E-state index in [1.165, 1.54) is 11.1 Å². The van der Waals surface area contributed by atoms with Crippen LogP contribution in [0.5, 0.6) is 5.75 Å². The van der Waals surface area contributed by atoms with Gasteiger partial charge in [-0.3, -0.25) is 4.98 Å². The van der Waals surface area contributed by atoms with Gasteiger partial charge in [0.05, 0.1) is 34.5 Å². The normalized spacial score (nSPS) is 12.9. The van der Waals surface area contributed by atoms with E-state index in [9.17, 15) is 5.11 Å². The Hall–Kier alpha value is -5.81. The highest BCUT2D eigenvalue weighted by Gasteiger charge is 2.48. The molecular formula is C38H26N4O. The van der Waals surface area contributed by atoms with Gasteiger partial charge < -0.3 is 10.1 Å². The molecule has 0 radical (unpaired) electrons. The predicted molar refractivity (Wildman–Crippen MR) is 169 cm³/mol. The molecule has 43 heavy (non-hydrogen) atoms. The minimum absolute atomic E-state index is 0.170. The molecule has 0 spiro atoms. The van der Waals surface area contributed by atoms with Crippen molar-refractivity contribution in [3.63, 3.8) is 0 Å². The van der Waals surface area contributed by atoms with Gasteiger partial charge in [0, 0.05) is 6.20 Å². The van der Waals surface area contributed by atoms with E-state index in [0.29, 0.717) is 11.4 Å². The number of nitrogens with zero attached hydrogens (tertiary/aromatic N) is 3. The summed E-state index contributed by atoms with van der Waals surface area (Å²) in [5.41, 5.74) is 9.98. The Balaban J connectivity index is 1.43. The molecule has 7 aromatic rings. The lowest BCUT2D eigenvalue weighted by Gasteiger charge is -2.32. The largest absolute Gasteiger partial charge is 0.507 e. The van der Waals surface area contributed by atoms with Crippen LogP contribution < -0.4 is 0 Å². The molecule has 1 aliphatic carbocycles. The number of aromatic hydroxyl groups is 1. The lowest BCUT2D eigenvalue weighted by atomic mass is 9.71. The monoisotopic (exact) mass is 554 g/mol. The van der Waals surface area contributed by atoms with Crippen molar-refractivity contribution in [1.29, 1.82) is 0 Å². The Kier molecular flexibility index (Phi) is 5.76. The molecule has 0 bridgehead atoms. The number of aromatic amines is 1. The minimum atomic E-state index is -0.742. The van der Waals surface area contributed by atoms with Crippen LogP contribution in [0.25, 0.3) is 45.0 Å². The maximum absolute atomic E-state index is 10.5. The van der Waals surface area contributed by atoms with Crippen molar-refractivity contribution in [3.8, 4) is 50.8 Å². The lowest BCUT2D eigenvalue weighted by molar-refractivity contribution is 0.477. The van der Waals surface area contributed by atoms with Crippen LogP contribution >= 0.6 is 0 Å². The fourth-order valence-electron chi connectivity index (χ4n) is 6.42. The smallest absolute Gasteiger partial charge is 0.141 e. The first kappa shape index (κ1) is 24.9. The SMILES string of the molecule is Oc1ccccc1-c1ncc(-c2cc(-c3ccccc3)cc(C3(c4ccccn4)c4ccccc4-c4ccccc43)n2)[nH]1. The second-order valence-electron chi connectivity index (χ2n) is 10.7. The van der Waals surface area contributed by atoms with E-state index in [4.69, 9.17) is 9.97 Å². The summed E-state index contributed by atoms with van der Waals surface area (Å²) in [6.07, 6.45) is 3.64. The first-order valence-electron chi connectivity index (χ1n) is 14.3. The highest BCUT2D eigenvalue weighted by atomic mass is 16.3. The van der Waals surface area contributed by atoms with Crippen LogP contribution in [0, 0.1) is 0 Å². The molecule has 5 nitrogen and oxygen atoms in total. The van der Waals surface area contributed by atoms with E-state index < -0.39 is 5.41 Å². The highest BCUT2D eigenvalue weighted by molar-refractivity contribution is 5.86. The summed E-state index contributed by atoms with van der Waals surface area (Å²) >= 11 is 0. The van der Waals surface area contributed by atoms with E-state index in [0.717, 1.165) is 45.0 Å². The number of fused-ring (bicyclic) bond motifs is 3. The summed E-state index contributed by atoms with van der Waals surface area (Å²) in [4.78, 5) is 18.4. The van der Waals surface area contributed by atoms with Gasteiger partial charge in [0.1, 0.15) is 17.0 Å². The number of aromatic nitrogens is 4. The molecule has 5 heteroatoms. The number of imidazole rings is 1. The summed E-state index contributed by atoms with van der Waals surface area (Å²) < 4.78 is 0. The molecule has 204 valence electrons. The zero-order chi connectivity index (χ0) is 28.8. The molecule has 0 aliphatic heterocycles. The Labute approximate surface area is 249 Å². The Morgan fingerprint density at radius 1 is 0.558 bits per heavy atom. The summed E-state index contributed by atoms with van der Waals surface area (Å²) in [7, 11) is 0. The molecule has 0 saturated heterocycles. The molecule has 1 aliphatic rings. The Morgan fingerprint density at radius 3 is 1.91 bits per heavy atom. The molecule has 0 amide bonds. The number of rotatable bonds is 5. The van der Waals surface area contributed by atoms with Crippen LogP contribution in [0.2, 0.25) is 0 Å². The quantitative estimate of drug-likeness (QED) is 0.225. The van der Waals surface area contributed by atoms with Crippen molar-refractivity contribution in [1.82, 2.24) is 19.9 Å². The van der Waals surface area contributed by atoms with Crippen LogP contribution in [-0.4, -0.2) is 25.0 Å². The van der Waals surface area contributed by atoms with Crippen LogP contribution in [0.1, 0.15) is 22.5 Å². The zero-order valence-electron chi connectivity index (χ0n) is 23.1. The fraction of sp³-hybridized carbons (Fsp3) is 0.0263. The minimum Gasteiger partial charge on any atom is -0.507 e. The molecule has 2 N–H and O–H groups in total. The van der Waals surface area contributed by atoms with Gasteiger partial charge in [-0.05, 0) is 69.8 Å². The average Bonchev–Trinajstić information content (AvgIpc) is 3.68. The molecule has 3 heterocycles. The number of phenols is 1. The van der Waals surface area contributed by atoms with Gasteiger partial charge in [-0.2, -0.15) is 0 Å². The van der Waals surface area contributed by atoms with Crippen molar-refractivity contribution in [2.24, 2.45) is 0 Å². The molecule has 3 aromatic heterocycles. The van der Waals surface area contributed by atoms with Gasteiger partial charge in [-0.1, -0.05) is 97.1 Å². The Bertz CT molecular complexity index is 2060. The lowest BCUT2D eigenvalue weighted by Crippen LogP contribution is -2.31. The molecule has 0 fully saturated rings. The van der Waals surface area contributed by atoms with Gasteiger partial charge >= 0.3 is 0 Å². The van der Waals surface area contributed by atoms with Crippen LogP contribution in [-0.2, 0) is 5.41 Å². The summed E-state index contributed by atoms with van der Waals surface area (Å²) in [6.45, 7) is 0. The van der Waals surface area contributed by atoms with Crippen LogP contribution in [0.15, 0.2) is 146 Å². The van der Waals surface area contributed by atoms with Gasteiger partial charge in [0.2, 0.25) is 0 Å². The second-order valence-corrected chi connectivity index (χ2v) is 10.7. The topological polar surface area (TPSA) is 74.7 Å². The second kappa shape index (κ2) is 9.93. The van der Waals surface area contributed by atoms with Crippen molar-refractivity contribution in [3.05, 3.63) is 168 Å². The number of nitrogens with one attached hydrogen (secondary N) is 1. The number of H-pyrrole nitrogens is 1. The molecule has 0 unspecified atom stereocenters. The van der Waals surface area contributed by atoms with E-state index in [2.05, 4.69) is 101 Å². The maximum Gasteiger partial charge on any atom is 0.141 e. The van der Waals surface area contributed by atoms with E-state index in [-0.39, 0.29) is 5.75 Å². The van der Waals surface area contributed by atoms with Crippen LogP contribution in [0.4, 0.5) is 0 Å². The predicted octanol–water partition coefficient (Wildman–Crippen LogP) is 8.27. The highest BCUT2D eigenvalue weighted by Crippen LogP contribution is 2.55. The van der Waals surface area contributed by atoms with Gasteiger partial charge in [0.15, 0.2) is 0 Å². The number of phenolic OH excluding ortho intramolecular Hbond substituents is 1. The van der Waals surface area contributed by atoms with Gasteiger partial charge in [-0.15, -0.1) is 0 Å². The third kappa shape index (κ3) is 3.90. The average molecular weight is 555 g/mol. The molecule has 0 saturated carbocycles. The first-order valence-corrected chi connectivity index (χ1v) is 14.3. The maximum atomic E-state index is 10.5. The molecule has 8 rings (SSSR count). The molecule has 0 atom stereocenters. The van der Waals surface area contributed by atoms with Gasteiger partial charge in [0.25, 0.3) is 0 Å². The summed E-state index contributed by atoms with van der Waals surface area (Å²) in [5, 5.41) is 10.5. The van der Waals surface area contributed by atoms with E-state index >= 15 is 0 Å². The standard InChI is InChI=1S/C38H26N4O/c43-34-19-9-6-16-29(34)37-40-24-33(42-37)32-22-26(25-12-2-1-3-13-25)23-36(41-32)38(35-20-10-11-21-39-35)30-17-7-4-14-27(30)28-15-5-8-18-31(28)38/h1-24,43H,(H,40,42). The molecule has 4 aromatic carbocycles. The summed E-state index contributed by atoms with van der Waals surface area (Å²) in [5.74, 6) is 0.751. The number of pyridine rings is 2. The number of para-hydroxylation sites is 1. The third-order valence-corrected chi connectivity index (χ3v) is 8.33.